The van der Waals surface area contributed by atoms with Gasteiger partial charge in [-0.2, -0.15) is 0 Å². The Balaban J connectivity index is 3.33. The van der Waals surface area contributed by atoms with Gasteiger partial charge in [0.05, 0.1) is 12.7 Å². The summed E-state index contributed by atoms with van der Waals surface area (Å²) in [4.78, 5) is 11.1. The summed E-state index contributed by atoms with van der Waals surface area (Å²) in [5.74, 6) is 0.464. The van der Waals surface area contributed by atoms with Crippen LogP contribution >= 0.6 is 15.9 Å². The maximum atomic E-state index is 11.1. The van der Waals surface area contributed by atoms with Crippen molar-refractivity contribution in [3.63, 3.8) is 0 Å². The second-order valence-electron chi connectivity index (χ2n) is 2.63. The smallest absolute Gasteiger partial charge is 0.163 e. The first-order valence-electron chi connectivity index (χ1n) is 3.70. The van der Waals surface area contributed by atoms with Crippen molar-refractivity contribution in [1.82, 2.24) is 0 Å². The Bertz CT molecular complexity index is 350. The third kappa shape index (κ3) is 2.01. The normalized spacial score (nSPS) is 9.77. The first kappa shape index (κ1) is 10.1. The molecule has 3 nitrogen and oxygen atoms in total. The standard InChI is InChI=1S/C9H10BrNO2/c1-5(12)6-3-7(10)8(11)4-9(6)13-2/h3-4H,11H2,1-2H3. The quantitative estimate of drug-likeness (QED) is 0.641. The van der Waals surface area contributed by atoms with E-state index in [0.29, 0.717) is 21.5 Å². The lowest BCUT2D eigenvalue weighted by atomic mass is 10.1. The molecule has 0 aliphatic rings. The Kier molecular flexibility index (Phi) is 2.93. The number of carbonyl (C=O) groups is 1. The Hall–Kier alpha value is -1.03. The van der Waals surface area contributed by atoms with Crippen LogP contribution in [0.15, 0.2) is 16.6 Å². The number of methoxy groups -OCH3 is 1. The Labute approximate surface area is 85.0 Å². The SMILES string of the molecule is COc1cc(N)c(Br)cc1C(C)=O. The lowest BCUT2D eigenvalue weighted by Gasteiger charge is -2.07. The minimum absolute atomic E-state index is 0.0439. The summed E-state index contributed by atoms with van der Waals surface area (Å²) in [5.41, 5.74) is 6.72. The molecule has 0 saturated carbocycles. The number of hydrogen-bond donors (Lipinski definition) is 1. The monoisotopic (exact) mass is 243 g/mol. The van der Waals surface area contributed by atoms with E-state index in [4.69, 9.17) is 10.5 Å². The summed E-state index contributed by atoms with van der Waals surface area (Å²) in [6.45, 7) is 1.49. The molecule has 0 aliphatic heterocycles. The van der Waals surface area contributed by atoms with E-state index in [0.717, 1.165) is 0 Å². The predicted octanol–water partition coefficient (Wildman–Crippen LogP) is 2.24. The van der Waals surface area contributed by atoms with Crippen molar-refractivity contribution in [3.05, 3.63) is 22.2 Å². The van der Waals surface area contributed by atoms with Gasteiger partial charge in [0.1, 0.15) is 5.75 Å². The number of nitrogens with two attached hydrogens (primary N) is 1. The molecule has 1 aromatic rings. The van der Waals surface area contributed by atoms with Crippen LogP contribution in [0, 0.1) is 0 Å². The van der Waals surface area contributed by atoms with Gasteiger partial charge in [0, 0.05) is 16.2 Å². The number of halogens is 1. The largest absolute Gasteiger partial charge is 0.496 e. The highest BCUT2D eigenvalue weighted by atomic mass is 79.9. The van der Waals surface area contributed by atoms with E-state index in [1.165, 1.54) is 14.0 Å². The van der Waals surface area contributed by atoms with Crippen LogP contribution in [0.4, 0.5) is 5.69 Å². The van der Waals surface area contributed by atoms with E-state index >= 15 is 0 Å². The molecule has 0 saturated heterocycles. The van der Waals surface area contributed by atoms with Gasteiger partial charge in [-0.1, -0.05) is 0 Å². The third-order valence-electron chi connectivity index (χ3n) is 1.70. The van der Waals surface area contributed by atoms with Crippen LogP contribution in [-0.2, 0) is 0 Å². The average molecular weight is 244 g/mol. The molecule has 4 heteroatoms. The summed E-state index contributed by atoms with van der Waals surface area (Å²) < 4.78 is 5.73. The van der Waals surface area contributed by atoms with E-state index in [9.17, 15) is 4.79 Å². The van der Waals surface area contributed by atoms with Gasteiger partial charge in [-0.25, -0.2) is 0 Å². The Morgan fingerprint density at radius 2 is 2.15 bits per heavy atom. The van der Waals surface area contributed by atoms with Crippen molar-refractivity contribution in [2.24, 2.45) is 0 Å². The number of ketones is 1. The molecule has 13 heavy (non-hydrogen) atoms. The summed E-state index contributed by atoms with van der Waals surface area (Å²) in [6, 6.07) is 3.29. The number of hydrogen-bond acceptors (Lipinski definition) is 3. The van der Waals surface area contributed by atoms with Crippen LogP contribution in [0.2, 0.25) is 0 Å². The number of anilines is 1. The minimum Gasteiger partial charge on any atom is -0.496 e. The molecule has 0 atom stereocenters. The van der Waals surface area contributed by atoms with Crippen molar-refractivity contribution >= 4 is 27.4 Å². The molecule has 0 unspecified atom stereocenters. The summed E-state index contributed by atoms with van der Waals surface area (Å²) in [6.07, 6.45) is 0. The second kappa shape index (κ2) is 3.79. The number of rotatable bonds is 2. The molecule has 2 N–H and O–H groups in total. The van der Waals surface area contributed by atoms with Crippen molar-refractivity contribution in [2.75, 3.05) is 12.8 Å². The number of benzene rings is 1. The zero-order valence-corrected chi connectivity index (χ0v) is 9.01. The highest BCUT2D eigenvalue weighted by Gasteiger charge is 2.10. The molecule has 1 rings (SSSR count). The average Bonchev–Trinajstić information content (AvgIpc) is 2.08. The third-order valence-corrected chi connectivity index (χ3v) is 2.38. The summed E-state index contributed by atoms with van der Waals surface area (Å²) in [5, 5.41) is 0. The van der Waals surface area contributed by atoms with Crippen LogP contribution < -0.4 is 10.5 Å². The first-order valence-corrected chi connectivity index (χ1v) is 4.49. The molecule has 0 fully saturated rings. The summed E-state index contributed by atoms with van der Waals surface area (Å²) in [7, 11) is 1.51. The van der Waals surface area contributed by atoms with E-state index in [1.54, 1.807) is 12.1 Å². The van der Waals surface area contributed by atoms with E-state index in [-0.39, 0.29) is 5.78 Å². The van der Waals surface area contributed by atoms with Crippen LogP contribution in [-0.4, -0.2) is 12.9 Å². The lowest BCUT2D eigenvalue weighted by molar-refractivity contribution is 0.101. The molecule has 0 aromatic heterocycles. The van der Waals surface area contributed by atoms with Gasteiger partial charge in [-0.3, -0.25) is 4.79 Å². The molecular formula is C9H10BrNO2. The van der Waals surface area contributed by atoms with E-state index in [1.807, 2.05) is 0 Å². The van der Waals surface area contributed by atoms with Gasteiger partial charge >= 0.3 is 0 Å². The van der Waals surface area contributed by atoms with Crippen LogP contribution in [0.3, 0.4) is 0 Å². The first-order chi connectivity index (χ1) is 6.06. The predicted molar refractivity (Wildman–Crippen MR) is 55.1 cm³/mol. The number of carbonyl (C=O) groups excluding carboxylic acids is 1. The lowest BCUT2D eigenvalue weighted by Crippen LogP contribution is -1.99. The highest BCUT2D eigenvalue weighted by molar-refractivity contribution is 9.10. The molecule has 0 radical (unpaired) electrons. The zero-order chi connectivity index (χ0) is 10.0. The molecule has 0 bridgehead atoms. The minimum atomic E-state index is -0.0439. The zero-order valence-electron chi connectivity index (χ0n) is 7.43. The highest BCUT2D eigenvalue weighted by Crippen LogP contribution is 2.29. The van der Waals surface area contributed by atoms with Crippen LogP contribution in [0.5, 0.6) is 5.75 Å². The van der Waals surface area contributed by atoms with Gasteiger partial charge in [0.15, 0.2) is 5.78 Å². The molecular weight excluding hydrogens is 234 g/mol. The number of Topliss-reactive ketones (excluding diaryl/α,β-unsaturated/α-hetero) is 1. The molecule has 70 valence electrons. The summed E-state index contributed by atoms with van der Waals surface area (Å²) >= 11 is 3.24. The van der Waals surface area contributed by atoms with E-state index in [2.05, 4.69) is 15.9 Å². The van der Waals surface area contributed by atoms with Gasteiger partial charge in [0.25, 0.3) is 0 Å². The Morgan fingerprint density at radius 1 is 1.54 bits per heavy atom. The van der Waals surface area contributed by atoms with Crippen molar-refractivity contribution < 1.29 is 9.53 Å². The topological polar surface area (TPSA) is 52.3 Å². The number of nitrogen functional groups attached to an aromatic ring is 1. The van der Waals surface area contributed by atoms with Crippen LogP contribution in [0.1, 0.15) is 17.3 Å². The van der Waals surface area contributed by atoms with Gasteiger partial charge in [0.2, 0.25) is 0 Å². The molecule has 0 aliphatic carbocycles. The van der Waals surface area contributed by atoms with Crippen molar-refractivity contribution in [1.29, 1.82) is 0 Å². The Morgan fingerprint density at radius 3 is 2.62 bits per heavy atom. The maximum absolute atomic E-state index is 11.1. The molecule has 0 heterocycles. The number of ether oxygens (including phenoxy) is 1. The molecule has 1 aromatic carbocycles. The van der Waals surface area contributed by atoms with E-state index < -0.39 is 0 Å². The maximum Gasteiger partial charge on any atom is 0.163 e. The molecule has 0 spiro atoms. The fourth-order valence-corrected chi connectivity index (χ4v) is 1.36. The van der Waals surface area contributed by atoms with Crippen molar-refractivity contribution in [3.8, 4) is 5.75 Å². The van der Waals surface area contributed by atoms with Crippen molar-refractivity contribution in [2.45, 2.75) is 6.92 Å². The van der Waals surface area contributed by atoms with Gasteiger partial charge in [-0.05, 0) is 28.9 Å². The van der Waals surface area contributed by atoms with Gasteiger partial charge < -0.3 is 10.5 Å². The van der Waals surface area contributed by atoms with Crippen LogP contribution in [0.25, 0.3) is 0 Å². The fraction of sp³-hybridized carbons (Fsp3) is 0.222. The fourth-order valence-electron chi connectivity index (χ4n) is 1.01. The second-order valence-corrected chi connectivity index (χ2v) is 3.48. The molecule has 0 amide bonds. The van der Waals surface area contributed by atoms with Gasteiger partial charge in [-0.15, -0.1) is 0 Å².